The van der Waals surface area contributed by atoms with Crippen LogP contribution in [0.25, 0.3) is 11.3 Å². The van der Waals surface area contributed by atoms with Gasteiger partial charge in [0.15, 0.2) is 5.82 Å². The molecule has 1 aromatic carbocycles. The van der Waals surface area contributed by atoms with Gasteiger partial charge < -0.3 is 4.90 Å². The number of fused-ring (bicyclic) bond motifs is 3. The van der Waals surface area contributed by atoms with Crippen molar-refractivity contribution in [1.29, 1.82) is 0 Å². The largest absolute Gasteiger partial charge is 0.357 e. The quantitative estimate of drug-likeness (QED) is 0.522. The molecule has 0 saturated heterocycles. The molecular formula is C22H23N5. The summed E-state index contributed by atoms with van der Waals surface area (Å²) in [6.45, 7) is 6.03. The lowest BCUT2D eigenvalue weighted by molar-refractivity contribution is 0.466. The Hall–Kier alpha value is -3.08. The van der Waals surface area contributed by atoms with Gasteiger partial charge in [-0.1, -0.05) is 24.3 Å². The van der Waals surface area contributed by atoms with Crippen LogP contribution in [0.2, 0.25) is 0 Å². The van der Waals surface area contributed by atoms with Crippen molar-refractivity contribution in [3.05, 3.63) is 71.8 Å². The molecule has 3 aromatic rings. The smallest absolute Gasteiger partial charge is 0.161 e. The Morgan fingerprint density at radius 3 is 2.67 bits per heavy atom. The molecular weight excluding hydrogens is 334 g/mol. The maximum atomic E-state index is 5.01. The summed E-state index contributed by atoms with van der Waals surface area (Å²) in [5, 5.41) is 0. The van der Waals surface area contributed by atoms with Crippen LogP contribution in [0.5, 0.6) is 0 Å². The SMILES string of the molecule is CCN(CC)C(=Nc1ncnc2c1CCc1ccccc1-2)c1cccnc1. The number of rotatable bonds is 4. The van der Waals surface area contributed by atoms with Crippen molar-refractivity contribution in [1.82, 2.24) is 19.9 Å². The molecule has 136 valence electrons. The van der Waals surface area contributed by atoms with E-state index in [9.17, 15) is 0 Å². The second-order valence-corrected chi connectivity index (χ2v) is 6.53. The lowest BCUT2D eigenvalue weighted by atomic mass is 9.89. The predicted octanol–water partition coefficient (Wildman–Crippen LogP) is 4.06. The highest BCUT2D eigenvalue weighted by Crippen LogP contribution is 2.35. The molecule has 1 aliphatic rings. The fourth-order valence-corrected chi connectivity index (χ4v) is 3.63. The third kappa shape index (κ3) is 3.33. The van der Waals surface area contributed by atoms with Crippen LogP contribution in [0, 0.1) is 0 Å². The lowest BCUT2D eigenvalue weighted by Crippen LogP contribution is -2.31. The van der Waals surface area contributed by atoms with Crippen LogP contribution in [0.15, 0.2) is 60.1 Å². The van der Waals surface area contributed by atoms with E-state index in [2.05, 4.69) is 58.0 Å². The van der Waals surface area contributed by atoms with Crippen molar-refractivity contribution >= 4 is 11.7 Å². The summed E-state index contributed by atoms with van der Waals surface area (Å²) in [5.74, 6) is 1.67. The number of hydrogen-bond acceptors (Lipinski definition) is 4. The van der Waals surface area contributed by atoms with E-state index in [1.807, 2.05) is 18.3 Å². The summed E-state index contributed by atoms with van der Waals surface area (Å²) in [6, 6.07) is 12.5. The van der Waals surface area contributed by atoms with E-state index in [0.717, 1.165) is 54.4 Å². The molecule has 0 atom stereocenters. The summed E-state index contributed by atoms with van der Waals surface area (Å²) in [7, 11) is 0. The van der Waals surface area contributed by atoms with Crippen LogP contribution in [-0.4, -0.2) is 38.8 Å². The average Bonchev–Trinajstić information content (AvgIpc) is 2.74. The molecule has 5 heteroatoms. The van der Waals surface area contributed by atoms with E-state index in [1.165, 1.54) is 11.1 Å². The molecule has 4 rings (SSSR count). The molecule has 0 amide bonds. The second-order valence-electron chi connectivity index (χ2n) is 6.53. The summed E-state index contributed by atoms with van der Waals surface area (Å²) < 4.78 is 0. The second kappa shape index (κ2) is 7.66. The zero-order valence-corrected chi connectivity index (χ0v) is 15.8. The first-order valence-electron chi connectivity index (χ1n) is 9.48. The van der Waals surface area contributed by atoms with Crippen LogP contribution in [0.3, 0.4) is 0 Å². The van der Waals surface area contributed by atoms with E-state index in [4.69, 9.17) is 4.99 Å². The Labute approximate surface area is 159 Å². The first kappa shape index (κ1) is 17.3. The van der Waals surface area contributed by atoms with Crippen LogP contribution < -0.4 is 0 Å². The molecule has 27 heavy (non-hydrogen) atoms. The molecule has 0 saturated carbocycles. The number of benzene rings is 1. The summed E-state index contributed by atoms with van der Waals surface area (Å²) >= 11 is 0. The Morgan fingerprint density at radius 1 is 1.04 bits per heavy atom. The van der Waals surface area contributed by atoms with Gasteiger partial charge in [0.2, 0.25) is 0 Å². The third-order valence-electron chi connectivity index (χ3n) is 5.03. The third-order valence-corrected chi connectivity index (χ3v) is 5.03. The molecule has 0 unspecified atom stereocenters. The number of aliphatic imine (C=N–C) groups is 1. The molecule has 2 heterocycles. The molecule has 0 radical (unpaired) electrons. The van der Waals surface area contributed by atoms with Crippen molar-refractivity contribution in [2.45, 2.75) is 26.7 Å². The van der Waals surface area contributed by atoms with Gasteiger partial charge in [0.1, 0.15) is 12.2 Å². The zero-order chi connectivity index (χ0) is 18.6. The monoisotopic (exact) mass is 357 g/mol. The summed E-state index contributed by atoms with van der Waals surface area (Å²) in [5.41, 5.74) is 5.68. The van der Waals surface area contributed by atoms with Gasteiger partial charge in [-0.2, -0.15) is 0 Å². The Balaban J connectivity index is 1.85. The summed E-state index contributed by atoms with van der Waals surface area (Å²) in [4.78, 5) is 20.6. The fourth-order valence-electron chi connectivity index (χ4n) is 3.63. The number of aromatic nitrogens is 3. The minimum atomic E-state index is 0.764. The van der Waals surface area contributed by atoms with Gasteiger partial charge in [-0.25, -0.2) is 15.0 Å². The van der Waals surface area contributed by atoms with Crippen LogP contribution >= 0.6 is 0 Å². The van der Waals surface area contributed by atoms with Crippen LogP contribution in [0.1, 0.15) is 30.5 Å². The van der Waals surface area contributed by atoms with Gasteiger partial charge >= 0.3 is 0 Å². The van der Waals surface area contributed by atoms with E-state index < -0.39 is 0 Å². The zero-order valence-electron chi connectivity index (χ0n) is 15.8. The molecule has 0 spiro atoms. The first-order valence-corrected chi connectivity index (χ1v) is 9.48. The van der Waals surface area contributed by atoms with Gasteiger partial charge in [0.25, 0.3) is 0 Å². The van der Waals surface area contributed by atoms with Gasteiger partial charge in [-0.3, -0.25) is 4.98 Å². The van der Waals surface area contributed by atoms with Gasteiger partial charge in [-0.05, 0) is 44.4 Å². The molecule has 2 aromatic heterocycles. The maximum absolute atomic E-state index is 5.01. The van der Waals surface area contributed by atoms with Crippen molar-refractivity contribution in [3.63, 3.8) is 0 Å². The van der Waals surface area contributed by atoms with E-state index in [1.54, 1.807) is 12.5 Å². The molecule has 0 bridgehead atoms. The molecule has 5 nitrogen and oxygen atoms in total. The number of pyridine rings is 1. The van der Waals surface area contributed by atoms with Crippen molar-refractivity contribution in [2.75, 3.05) is 13.1 Å². The Morgan fingerprint density at radius 2 is 1.89 bits per heavy atom. The van der Waals surface area contributed by atoms with E-state index >= 15 is 0 Å². The Bertz CT molecular complexity index is 961. The van der Waals surface area contributed by atoms with Crippen molar-refractivity contribution in [2.24, 2.45) is 4.99 Å². The van der Waals surface area contributed by atoms with Crippen LogP contribution in [0.4, 0.5) is 5.82 Å². The molecule has 0 fully saturated rings. The topological polar surface area (TPSA) is 54.3 Å². The van der Waals surface area contributed by atoms with Crippen molar-refractivity contribution in [3.8, 4) is 11.3 Å². The normalized spacial score (nSPS) is 13.0. The van der Waals surface area contributed by atoms with Gasteiger partial charge in [0.05, 0.1) is 5.69 Å². The van der Waals surface area contributed by atoms with Crippen LogP contribution in [-0.2, 0) is 12.8 Å². The number of amidine groups is 1. The number of hydrogen-bond donors (Lipinski definition) is 0. The minimum absolute atomic E-state index is 0.764. The highest BCUT2D eigenvalue weighted by Gasteiger charge is 2.21. The standard InChI is InChI=1S/C22H23N5/c1-3-27(4-2)22(17-9-7-13-23-14-17)26-21-19-12-11-16-8-5-6-10-18(16)20(19)24-15-25-21/h5-10,13-15H,3-4,11-12H2,1-2H3. The highest BCUT2D eigenvalue weighted by atomic mass is 15.2. The number of aryl methyl sites for hydroxylation is 1. The summed E-state index contributed by atoms with van der Waals surface area (Å²) in [6.07, 6.45) is 7.17. The molecule has 0 aliphatic heterocycles. The minimum Gasteiger partial charge on any atom is -0.357 e. The highest BCUT2D eigenvalue weighted by molar-refractivity contribution is 6.00. The lowest BCUT2D eigenvalue weighted by Gasteiger charge is -2.24. The molecule has 0 N–H and O–H groups in total. The van der Waals surface area contributed by atoms with E-state index in [-0.39, 0.29) is 0 Å². The molecule has 1 aliphatic carbocycles. The maximum Gasteiger partial charge on any atom is 0.161 e. The number of nitrogens with zero attached hydrogens (tertiary/aromatic N) is 5. The van der Waals surface area contributed by atoms with Gasteiger partial charge in [-0.15, -0.1) is 0 Å². The first-order chi connectivity index (χ1) is 13.3. The average molecular weight is 357 g/mol. The van der Waals surface area contributed by atoms with Crippen molar-refractivity contribution < 1.29 is 0 Å². The van der Waals surface area contributed by atoms with E-state index in [0.29, 0.717) is 0 Å². The predicted molar refractivity (Wildman–Crippen MR) is 108 cm³/mol. The fraction of sp³-hybridized carbons (Fsp3) is 0.273. The Kier molecular flexibility index (Phi) is 4.92. The van der Waals surface area contributed by atoms with Gasteiger partial charge in [0, 0.05) is 42.2 Å².